The van der Waals surface area contributed by atoms with Crippen LogP contribution in [0.25, 0.3) is 19.5 Å². The van der Waals surface area contributed by atoms with E-state index in [-0.39, 0.29) is 5.92 Å². The summed E-state index contributed by atoms with van der Waals surface area (Å²) in [4.78, 5) is 21.1. The quantitative estimate of drug-likeness (QED) is 0.109. The Morgan fingerprint density at radius 1 is 0.595 bits per heavy atom. The molecule has 0 radical (unpaired) electrons. The van der Waals surface area contributed by atoms with Gasteiger partial charge in [-0.05, 0) is 53.6 Å². The van der Waals surface area contributed by atoms with Crippen molar-refractivity contribution in [2.45, 2.75) is 96.3 Å². The van der Waals surface area contributed by atoms with Crippen molar-refractivity contribution in [1.29, 1.82) is 0 Å². The Balaban J connectivity index is 1.29. The molecule has 0 amide bonds. The Labute approximate surface area is 239 Å². The fourth-order valence-corrected chi connectivity index (χ4v) is 8.91. The Kier molecular flexibility index (Phi) is 12.1. The first-order valence-electron chi connectivity index (χ1n) is 14.1. The highest BCUT2D eigenvalue weighted by molar-refractivity contribution is 7.22. The number of hydrogen-bond donors (Lipinski definition) is 0. The van der Waals surface area contributed by atoms with Crippen LogP contribution in [-0.4, -0.2) is 5.78 Å². The van der Waals surface area contributed by atoms with E-state index in [1.165, 1.54) is 99.9 Å². The number of rotatable bonds is 18. The van der Waals surface area contributed by atoms with E-state index in [2.05, 4.69) is 66.2 Å². The van der Waals surface area contributed by atoms with Crippen LogP contribution >= 0.6 is 45.3 Å². The van der Waals surface area contributed by atoms with Crippen LogP contribution in [0.4, 0.5) is 0 Å². The Bertz CT molecular complexity index is 1080. The Hall–Kier alpha value is -1.53. The molecule has 0 unspecified atom stereocenters. The van der Waals surface area contributed by atoms with Crippen LogP contribution < -0.4 is 0 Å². The van der Waals surface area contributed by atoms with Crippen molar-refractivity contribution < 1.29 is 4.79 Å². The molecule has 5 heteroatoms. The number of unbranched alkanes of at least 4 members (excludes halogenated alkanes) is 11. The van der Waals surface area contributed by atoms with Gasteiger partial charge in [-0.1, -0.05) is 89.7 Å². The predicted octanol–water partition coefficient (Wildman–Crippen LogP) is 12.1. The molecule has 0 aliphatic carbocycles. The predicted molar refractivity (Wildman–Crippen MR) is 168 cm³/mol. The molecule has 1 nitrogen and oxygen atoms in total. The zero-order chi connectivity index (χ0) is 25.7. The largest absolute Gasteiger partial charge is 0.299 e. The average Bonchev–Trinajstić information content (AvgIpc) is 3.72. The van der Waals surface area contributed by atoms with Crippen LogP contribution in [0, 0.1) is 0 Å². The highest BCUT2D eigenvalue weighted by atomic mass is 32.1. The molecule has 0 saturated carbocycles. The van der Waals surface area contributed by atoms with Gasteiger partial charge in [0, 0.05) is 35.7 Å². The SMILES string of the molecule is CCCCCCCCCCCCCCC(=O)C(c1ccc(-c2cccs2)s1)c1ccc(-c2cccs2)s1. The van der Waals surface area contributed by atoms with Crippen molar-refractivity contribution in [3.63, 3.8) is 0 Å². The van der Waals surface area contributed by atoms with E-state index in [4.69, 9.17) is 0 Å². The summed E-state index contributed by atoms with van der Waals surface area (Å²) >= 11 is 7.11. The van der Waals surface area contributed by atoms with Gasteiger partial charge in [-0.15, -0.1) is 45.3 Å². The first kappa shape index (κ1) is 28.5. The molecule has 0 aliphatic rings. The molecule has 4 aromatic heterocycles. The molecule has 0 saturated heterocycles. The number of carbonyl (C=O) groups excluding carboxylic acids is 1. The van der Waals surface area contributed by atoms with Crippen molar-refractivity contribution in [3.05, 3.63) is 69.0 Å². The second-order valence-corrected chi connectivity index (χ2v) is 14.0. The van der Waals surface area contributed by atoms with Crippen molar-refractivity contribution in [1.82, 2.24) is 0 Å². The summed E-state index contributed by atoms with van der Waals surface area (Å²) in [6.45, 7) is 2.28. The lowest BCUT2D eigenvalue weighted by Crippen LogP contribution is -2.11. The van der Waals surface area contributed by atoms with Crippen molar-refractivity contribution >= 4 is 51.1 Å². The molecule has 4 heterocycles. The molecule has 198 valence electrons. The topological polar surface area (TPSA) is 17.1 Å². The zero-order valence-electron chi connectivity index (χ0n) is 22.1. The first-order chi connectivity index (χ1) is 18.3. The van der Waals surface area contributed by atoms with Gasteiger partial charge in [0.2, 0.25) is 0 Å². The van der Waals surface area contributed by atoms with Crippen molar-refractivity contribution in [2.24, 2.45) is 0 Å². The second-order valence-electron chi connectivity index (χ2n) is 9.90. The van der Waals surface area contributed by atoms with Crippen molar-refractivity contribution in [2.75, 3.05) is 0 Å². The van der Waals surface area contributed by atoms with Crippen LogP contribution in [0.3, 0.4) is 0 Å². The van der Waals surface area contributed by atoms with Crippen LogP contribution in [0.5, 0.6) is 0 Å². The van der Waals surface area contributed by atoms with E-state index in [9.17, 15) is 4.79 Å². The van der Waals surface area contributed by atoms with Gasteiger partial charge in [-0.25, -0.2) is 0 Å². The molecule has 0 spiro atoms. The first-order valence-corrected chi connectivity index (χ1v) is 17.5. The normalized spacial score (nSPS) is 11.5. The van der Waals surface area contributed by atoms with Gasteiger partial charge in [-0.3, -0.25) is 4.79 Å². The van der Waals surface area contributed by atoms with Gasteiger partial charge in [-0.2, -0.15) is 0 Å². The molecule has 0 aromatic carbocycles. The number of carbonyl (C=O) groups is 1. The van der Waals surface area contributed by atoms with E-state index in [1.54, 1.807) is 45.3 Å². The molecule has 0 atom stereocenters. The molecule has 4 aromatic rings. The van der Waals surface area contributed by atoms with Gasteiger partial charge in [0.15, 0.2) is 0 Å². The lowest BCUT2D eigenvalue weighted by molar-refractivity contribution is -0.119. The monoisotopic (exact) mass is 568 g/mol. The van der Waals surface area contributed by atoms with Gasteiger partial charge >= 0.3 is 0 Å². The molecule has 4 rings (SSSR count). The highest BCUT2D eigenvalue weighted by Gasteiger charge is 2.26. The van der Waals surface area contributed by atoms with Gasteiger partial charge in [0.1, 0.15) is 5.78 Å². The third-order valence-corrected chi connectivity index (χ3v) is 11.4. The standard InChI is InChI=1S/C32H40OS4/c1-2-3-4-5-6-7-8-9-10-11-12-13-16-25(33)32(30-21-19-28(36-30)26-17-14-23-34-26)31-22-20-29(37-31)27-18-15-24-35-27/h14-15,17-24,32H,2-13,16H2,1H3. The van der Waals surface area contributed by atoms with Crippen LogP contribution in [0.15, 0.2) is 59.3 Å². The summed E-state index contributed by atoms with van der Waals surface area (Å²) in [7, 11) is 0. The Morgan fingerprint density at radius 2 is 1.05 bits per heavy atom. The van der Waals surface area contributed by atoms with E-state index in [0.29, 0.717) is 12.2 Å². The van der Waals surface area contributed by atoms with Crippen molar-refractivity contribution in [3.8, 4) is 19.5 Å². The summed E-state index contributed by atoms with van der Waals surface area (Å²) in [6.07, 6.45) is 16.5. The fraction of sp³-hybridized carbons (Fsp3) is 0.469. The fourth-order valence-electron chi connectivity index (χ4n) is 4.86. The third kappa shape index (κ3) is 8.74. The van der Waals surface area contributed by atoms with Gasteiger partial charge in [0.25, 0.3) is 0 Å². The smallest absolute Gasteiger partial charge is 0.146 e. The lowest BCUT2D eigenvalue weighted by atomic mass is 9.95. The minimum Gasteiger partial charge on any atom is -0.299 e. The Morgan fingerprint density at radius 3 is 1.49 bits per heavy atom. The number of hydrogen-bond acceptors (Lipinski definition) is 5. The van der Waals surface area contributed by atoms with Crippen LogP contribution in [0.2, 0.25) is 0 Å². The van der Waals surface area contributed by atoms with E-state index >= 15 is 0 Å². The van der Waals surface area contributed by atoms with E-state index < -0.39 is 0 Å². The zero-order valence-corrected chi connectivity index (χ0v) is 25.4. The van der Waals surface area contributed by atoms with Gasteiger partial charge < -0.3 is 0 Å². The summed E-state index contributed by atoms with van der Waals surface area (Å²) < 4.78 is 0. The molecule has 0 bridgehead atoms. The molecule has 0 N–H and O–H groups in total. The minimum absolute atomic E-state index is 0.134. The highest BCUT2D eigenvalue weighted by Crippen LogP contribution is 2.42. The number of Topliss-reactive ketones (excluding diaryl/α,β-unsaturated/α-hetero) is 1. The maximum atomic E-state index is 13.6. The summed E-state index contributed by atoms with van der Waals surface area (Å²) in [5.74, 6) is 0.247. The number of ketones is 1. The minimum atomic E-state index is -0.134. The summed E-state index contributed by atoms with van der Waals surface area (Å²) in [5.41, 5.74) is 0. The summed E-state index contributed by atoms with van der Waals surface area (Å²) in [5, 5.41) is 4.25. The maximum absolute atomic E-state index is 13.6. The molecule has 0 fully saturated rings. The number of thiophene rings is 4. The summed E-state index contributed by atoms with van der Waals surface area (Å²) in [6, 6.07) is 17.3. The molecular weight excluding hydrogens is 529 g/mol. The average molecular weight is 569 g/mol. The lowest BCUT2D eigenvalue weighted by Gasteiger charge is -2.13. The second kappa shape index (κ2) is 15.8. The van der Waals surface area contributed by atoms with Crippen LogP contribution in [-0.2, 0) is 4.79 Å². The van der Waals surface area contributed by atoms with E-state index in [1.807, 2.05) is 0 Å². The van der Waals surface area contributed by atoms with Crippen LogP contribution in [0.1, 0.15) is 106 Å². The molecule has 37 heavy (non-hydrogen) atoms. The molecule has 0 aliphatic heterocycles. The molecular formula is C32H40OS4. The van der Waals surface area contributed by atoms with E-state index in [0.717, 1.165) is 6.42 Å². The van der Waals surface area contributed by atoms with Gasteiger partial charge in [0.05, 0.1) is 5.92 Å². The maximum Gasteiger partial charge on any atom is 0.146 e. The third-order valence-electron chi connectivity index (χ3n) is 6.95.